The summed E-state index contributed by atoms with van der Waals surface area (Å²) in [6.45, 7) is -0.580. The minimum absolute atomic E-state index is 0.0575. The van der Waals surface area contributed by atoms with Crippen LogP contribution in [0.3, 0.4) is 0 Å². The first-order valence-corrected chi connectivity index (χ1v) is 4.34. The molecule has 15 heavy (non-hydrogen) atoms. The number of benzene rings is 1. The van der Waals surface area contributed by atoms with Gasteiger partial charge in [0, 0.05) is 0 Å². The molecule has 0 heterocycles. The van der Waals surface area contributed by atoms with E-state index in [1.807, 2.05) is 5.32 Å². The monoisotopic (exact) mass is 231 g/mol. The van der Waals surface area contributed by atoms with Crippen LogP contribution in [0.15, 0.2) is 18.2 Å². The van der Waals surface area contributed by atoms with Gasteiger partial charge in [-0.15, -0.1) is 0 Å². The summed E-state index contributed by atoms with van der Waals surface area (Å²) in [6.07, 6.45) is 0. The normalized spacial score (nSPS) is 9.73. The second kappa shape index (κ2) is 4.75. The second-order valence-corrected chi connectivity index (χ2v) is 3.08. The lowest BCUT2D eigenvalue weighted by Gasteiger charge is -2.05. The number of amides is 1. The Hall–Kier alpha value is -1.62. The fraction of sp³-hybridized carbons (Fsp3) is 0.111. The minimum Gasteiger partial charge on any atom is -0.480 e. The van der Waals surface area contributed by atoms with Crippen LogP contribution in [-0.2, 0) is 4.79 Å². The van der Waals surface area contributed by atoms with Crippen molar-refractivity contribution in [1.82, 2.24) is 5.32 Å². The highest BCUT2D eigenvalue weighted by atomic mass is 35.5. The molecule has 1 aromatic rings. The molecule has 0 fully saturated rings. The zero-order valence-electron chi connectivity index (χ0n) is 7.46. The molecule has 1 aromatic carbocycles. The van der Waals surface area contributed by atoms with Crippen LogP contribution >= 0.6 is 11.6 Å². The molecule has 0 aliphatic carbocycles. The predicted octanol–water partition coefficient (Wildman–Crippen LogP) is 1.29. The third kappa shape index (κ3) is 2.92. The van der Waals surface area contributed by atoms with Crippen molar-refractivity contribution in [2.75, 3.05) is 6.54 Å². The number of halogens is 2. The van der Waals surface area contributed by atoms with E-state index in [1.165, 1.54) is 12.1 Å². The summed E-state index contributed by atoms with van der Waals surface area (Å²) in [5.41, 5.74) is -0.347. The summed E-state index contributed by atoms with van der Waals surface area (Å²) in [5, 5.41) is 10.3. The largest absolute Gasteiger partial charge is 0.480 e. The number of carbonyl (C=O) groups excluding carboxylic acids is 1. The highest BCUT2D eigenvalue weighted by Gasteiger charge is 2.15. The maximum Gasteiger partial charge on any atom is 0.322 e. The molecule has 4 nitrogen and oxygen atoms in total. The van der Waals surface area contributed by atoms with Crippen LogP contribution in [0.4, 0.5) is 4.39 Å². The van der Waals surface area contributed by atoms with Gasteiger partial charge in [0.05, 0.1) is 10.6 Å². The molecule has 2 N–H and O–H groups in total. The fourth-order valence-corrected chi connectivity index (χ4v) is 1.21. The van der Waals surface area contributed by atoms with Gasteiger partial charge in [-0.05, 0) is 12.1 Å². The quantitative estimate of drug-likeness (QED) is 0.824. The fourth-order valence-electron chi connectivity index (χ4n) is 0.959. The van der Waals surface area contributed by atoms with Crippen molar-refractivity contribution in [3.05, 3.63) is 34.6 Å². The predicted molar refractivity (Wildman–Crippen MR) is 51.4 cm³/mol. The zero-order chi connectivity index (χ0) is 11.4. The third-order valence-electron chi connectivity index (χ3n) is 1.59. The number of hydrogen-bond donors (Lipinski definition) is 2. The molecule has 0 unspecified atom stereocenters. The maximum atomic E-state index is 13.1. The molecular weight excluding hydrogens is 225 g/mol. The Morgan fingerprint density at radius 3 is 2.67 bits per heavy atom. The first kappa shape index (κ1) is 11.5. The third-order valence-corrected chi connectivity index (χ3v) is 1.90. The molecule has 6 heteroatoms. The van der Waals surface area contributed by atoms with E-state index < -0.39 is 24.2 Å². The number of rotatable bonds is 3. The second-order valence-electron chi connectivity index (χ2n) is 2.67. The minimum atomic E-state index is -1.21. The standard InChI is InChI=1S/C9H7ClFNO3/c10-5-2-1-3-6(11)8(5)9(15)12-4-7(13)14/h1-3H,4H2,(H,12,15)(H,13,14). The van der Waals surface area contributed by atoms with Crippen LogP contribution in [0, 0.1) is 5.82 Å². The first-order valence-electron chi connectivity index (χ1n) is 3.96. The van der Waals surface area contributed by atoms with Crippen molar-refractivity contribution in [3.8, 4) is 0 Å². The Morgan fingerprint density at radius 2 is 2.13 bits per heavy atom. The van der Waals surface area contributed by atoms with E-state index in [2.05, 4.69) is 0 Å². The van der Waals surface area contributed by atoms with Crippen molar-refractivity contribution >= 4 is 23.5 Å². The van der Waals surface area contributed by atoms with Crippen LogP contribution in [0.25, 0.3) is 0 Å². The van der Waals surface area contributed by atoms with E-state index >= 15 is 0 Å². The summed E-state index contributed by atoms with van der Waals surface area (Å²) in [7, 11) is 0. The molecule has 0 bridgehead atoms. The average Bonchev–Trinajstić information content (AvgIpc) is 2.14. The number of carboxylic acids is 1. The highest BCUT2D eigenvalue weighted by Crippen LogP contribution is 2.18. The number of aliphatic carboxylic acids is 1. The molecule has 1 amide bonds. The summed E-state index contributed by atoms with van der Waals surface area (Å²) in [5.74, 6) is -2.85. The summed E-state index contributed by atoms with van der Waals surface area (Å²) >= 11 is 5.59. The van der Waals surface area contributed by atoms with Crippen molar-refractivity contribution in [2.24, 2.45) is 0 Å². The van der Waals surface area contributed by atoms with Gasteiger partial charge in [-0.1, -0.05) is 17.7 Å². The molecule has 0 radical (unpaired) electrons. The molecule has 0 aliphatic rings. The maximum absolute atomic E-state index is 13.1. The lowest BCUT2D eigenvalue weighted by molar-refractivity contribution is -0.135. The molecule has 0 atom stereocenters. The SMILES string of the molecule is O=C(O)CNC(=O)c1c(F)cccc1Cl. The number of carbonyl (C=O) groups is 2. The van der Waals surface area contributed by atoms with Gasteiger partial charge < -0.3 is 10.4 Å². The van der Waals surface area contributed by atoms with Gasteiger partial charge >= 0.3 is 5.97 Å². The Labute approximate surface area is 89.7 Å². The van der Waals surface area contributed by atoms with Crippen LogP contribution < -0.4 is 5.32 Å². The molecule has 0 aliphatic heterocycles. The number of nitrogens with one attached hydrogen (secondary N) is 1. The molecule has 0 saturated carbocycles. The topological polar surface area (TPSA) is 66.4 Å². The Morgan fingerprint density at radius 1 is 1.47 bits per heavy atom. The molecule has 0 spiro atoms. The number of carboxylic acid groups (broad SMARTS) is 1. The lowest BCUT2D eigenvalue weighted by Crippen LogP contribution is -2.30. The van der Waals surface area contributed by atoms with Gasteiger partial charge in [0.1, 0.15) is 12.4 Å². The van der Waals surface area contributed by atoms with Gasteiger partial charge in [0.15, 0.2) is 0 Å². The van der Waals surface area contributed by atoms with Crippen molar-refractivity contribution in [1.29, 1.82) is 0 Å². The van der Waals surface area contributed by atoms with Crippen LogP contribution in [-0.4, -0.2) is 23.5 Å². The van der Waals surface area contributed by atoms with E-state index in [0.717, 1.165) is 6.07 Å². The van der Waals surface area contributed by atoms with Crippen LogP contribution in [0.1, 0.15) is 10.4 Å². The van der Waals surface area contributed by atoms with Gasteiger partial charge in [0.2, 0.25) is 0 Å². The Balaban J connectivity index is 2.86. The summed E-state index contributed by atoms with van der Waals surface area (Å²) in [6, 6.07) is 3.77. The van der Waals surface area contributed by atoms with Gasteiger partial charge in [-0.2, -0.15) is 0 Å². The smallest absolute Gasteiger partial charge is 0.322 e. The van der Waals surface area contributed by atoms with Crippen molar-refractivity contribution in [2.45, 2.75) is 0 Å². The summed E-state index contributed by atoms with van der Waals surface area (Å²) in [4.78, 5) is 21.5. The zero-order valence-corrected chi connectivity index (χ0v) is 8.21. The van der Waals surface area contributed by atoms with Gasteiger partial charge in [0.25, 0.3) is 5.91 Å². The Bertz CT molecular complexity index is 388. The van der Waals surface area contributed by atoms with Crippen LogP contribution in [0.5, 0.6) is 0 Å². The lowest BCUT2D eigenvalue weighted by atomic mass is 10.2. The number of hydrogen-bond acceptors (Lipinski definition) is 2. The van der Waals surface area contributed by atoms with Crippen molar-refractivity contribution < 1.29 is 19.1 Å². The van der Waals surface area contributed by atoms with E-state index in [1.54, 1.807) is 0 Å². The van der Waals surface area contributed by atoms with Gasteiger partial charge in [-0.25, -0.2) is 4.39 Å². The van der Waals surface area contributed by atoms with Crippen molar-refractivity contribution in [3.63, 3.8) is 0 Å². The van der Waals surface area contributed by atoms with E-state index in [0.29, 0.717) is 0 Å². The van der Waals surface area contributed by atoms with E-state index in [-0.39, 0.29) is 10.6 Å². The molecule has 80 valence electrons. The van der Waals surface area contributed by atoms with E-state index in [4.69, 9.17) is 16.7 Å². The van der Waals surface area contributed by atoms with E-state index in [9.17, 15) is 14.0 Å². The first-order chi connectivity index (χ1) is 7.02. The van der Waals surface area contributed by atoms with Crippen LogP contribution in [0.2, 0.25) is 5.02 Å². The highest BCUT2D eigenvalue weighted by molar-refractivity contribution is 6.33. The van der Waals surface area contributed by atoms with Gasteiger partial charge in [-0.3, -0.25) is 9.59 Å². The molecule has 1 rings (SSSR count). The summed E-state index contributed by atoms with van der Waals surface area (Å²) < 4.78 is 13.1. The average molecular weight is 232 g/mol. The molecule has 0 saturated heterocycles. The molecular formula is C9H7ClFNO3. The Kier molecular flexibility index (Phi) is 3.62. The molecule has 0 aromatic heterocycles.